The Labute approximate surface area is 150 Å². The van der Waals surface area contributed by atoms with Crippen molar-refractivity contribution in [1.29, 1.82) is 0 Å². The summed E-state index contributed by atoms with van der Waals surface area (Å²) < 4.78 is 5.87. The van der Waals surface area contributed by atoms with E-state index in [4.69, 9.17) is 4.74 Å². The van der Waals surface area contributed by atoms with Gasteiger partial charge in [0.05, 0.1) is 6.10 Å². The van der Waals surface area contributed by atoms with Crippen LogP contribution in [-0.4, -0.2) is 29.1 Å². The lowest BCUT2D eigenvalue weighted by molar-refractivity contribution is -0.194. The number of esters is 1. The molecule has 25 heavy (non-hydrogen) atoms. The molecule has 0 aliphatic heterocycles. The second kappa shape index (κ2) is 5.80. The minimum Gasteiger partial charge on any atom is -0.462 e. The van der Waals surface area contributed by atoms with Gasteiger partial charge in [0.1, 0.15) is 11.9 Å². The molecule has 140 valence electrons. The van der Waals surface area contributed by atoms with Crippen LogP contribution in [0.2, 0.25) is 0 Å². The summed E-state index contributed by atoms with van der Waals surface area (Å²) in [6.45, 7) is 5.99. The van der Waals surface area contributed by atoms with Gasteiger partial charge in [-0.3, -0.25) is 9.59 Å². The monoisotopic (exact) mass is 348 g/mol. The zero-order chi connectivity index (χ0) is 18.0. The van der Waals surface area contributed by atoms with Gasteiger partial charge in [0.15, 0.2) is 0 Å². The zero-order valence-corrected chi connectivity index (χ0v) is 15.8. The number of ether oxygens (including phenoxy) is 1. The van der Waals surface area contributed by atoms with Crippen molar-refractivity contribution in [3.05, 3.63) is 0 Å². The van der Waals surface area contributed by atoms with Crippen LogP contribution in [-0.2, 0) is 14.3 Å². The lowest BCUT2D eigenvalue weighted by Gasteiger charge is -2.61. The largest absolute Gasteiger partial charge is 0.462 e. The van der Waals surface area contributed by atoms with E-state index in [1.807, 2.05) is 0 Å². The van der Waals surface area contributed by atoms with Crippen molar-refractivity contribution in [2.75, 3.05) is 0 Å². The smallest absolute Gasteiger partial charge is 0.302 e. The van der Waals surface area contributed by atoms with Crippen LogP contribution < -0.4 is 0 Å². The number of aliphatic hydroxyl groups is 1. The number of hydrogen-bond donors (Lipinski definition) is 1. The predicted octanol–water partition coefficient (Wildman–Crippen LogP) is 3.50. The Morgan fingerprint density at radius 3 is 2.68 bits per heavy atom. The van der Waals surface area contributed by atoms with E-state index in [2.05, 4.69) is 13.8 Å². The third-order valence-electron chi connectivity index (χ3n) is 8.57. The van der Waals surface area contributed by atoms with Gasteiger partial charge in [0, 0.05) is 24.7 Å². The Hall–Kier alpha value is -0.900. The Kier molecular flexibility index (Phi) is 4.06. The molecule has 4 aliphatic carbocycles. The van der Waals surface area contributed by atoms with Crippen LogP contribution >= 0.6 is 0 Å². The summed E-state index contributed by atoms with van der Waals surface area (Å²) in [6, 6.07) is 0. The Morgan fingerprint density at radius 1 is 1.20 bits per heavy atom. The summed E-state index contributed by atoms with van der Waals surface area (Å²) in [7, 11) is 0. The molecular formula is C21H32O4. The maximum absolute atomic E-state index is 12.7. The molecule has 4 fully saturated rings. The lowest BCUT2D eigenvalue weighted by Crippen LogP contribution is -2.60. The minimum absolute atomic E-state index is 0.120. The normalized spacial score (nSPS) is 52.1. The molecule has 0 aromatic rings. The molecule has 0 aromatic carbocycles. The third-order valence-corrected chi connectivity index (χ3v) is 8.57. The van der Waals surface area contributed by atoms with E-state index in [-0.39, 0.29) is 29.0 Å². The molecule has 0 unspecified atom stereocenters. The molecule has 0 saturated heterocycles. The molecule has 4 heteroatoms. The number of Topliss-reactive ketones (excluding diaryl/α,β-unsaturated/α-hetero) is 1. The van der Waals surface area contributed by atoms with Gasteiger partial charge in [-0.15, -0.1) is 0 Å². The first kappa shape index (κ1) is 17.5. The molecule has 4 aliphatic rings. The van der Waals surface area contributed by atoms with Crippen LogP contribution in [0, 0.1) is 34.5 Å². The van der Waals surface area contributed by atoms with Crippen molar-refractivity contribution in [3.8, 4) is 0 Å². The summed E-state index contributed by atoms with van der Waals surface area (Å²) in [5, 5.41) is 10.2. The second-order valence-corrected chi connectivity index (χ2v) is 9.74. The van der Waals surface area contributed by atoms with Gasteiger partial charge in [0.25, 0.3) is 0 Å². The van der Waals surface area contributed by atoms with Crippen LogP contribution in [0.1, 0.15) is 72.1 Å². The average Bonchev–Trinajstić information content (AvgIpc) is 2.82. The van der Waals surface area contributed by atoms with Crippen LogP contribution in [0.15, 0.2) is 0 Å². The molecule has 4 rings (SSSR count). The summed E-state index contributed by atoms with van der Waals surface area (Å²) in [4.78, 5) is 24.5. The highest BCUT2D eigenvalue weighted by molar-refractivity contribution is 5.87. The molecule has 0 aromatic heterocycles. The highest BCUT2D eigenvalue weighted by Gasteiger charge is 2.64. The Bertz CT molecular complexity index is 586. The van der Waals surface area contributed by atoms with Gasteiger partial charge in [-0.1, -0.05) is 13.8 Å². The van der Waals surface area contributed by atoms with Crippen molar-refractivity contribution in [2.24, 2.45) is 34.5 Å². The number of hydrogen-bond acceptors (Lipinski definition) is 4. The summed E-state index contributed by atoms with van der Waals surface area (Å²) in [5.41, 5.74) is -0.187. The fraction of sp³-hybridized carbons (Fsp3) is 0.905. The summed E-state index contributed by atoms with van der Waals surface area (Å²) in [6.07, 6.45) is 7.07. The maximum Gasteiger partial charge on any atom is 0.302 e. The molecule has 4 nitrogen and oxygen atoms in total. The molecule has 0 heterocycles. The van der Waals surface area contributed by atoms with E-state index < -0.39 is 0 Å². The number of aliphatic hydroxyl groups excluding tert-OH is 1. The van der Waals surface area contributed by atoms with Crippen molar-refractivity contribution >= 4 is 11.8 Å². The first-order chi connectivity index (χ1) is 11.8. The fourth-order valence-corrected chi connectivity index (χ4v) is 7.42. The molecule has 8 atom stereocenters. The average molecular weight is 348 g/mol. The second-order valence-electron chi connectivity index (χ2n) is 9.74. The van der Waals surface area contributed by atoms with E-state index in [1.165, 1.54) is 6.92 Å². The molecular weight excluding hydrogens is 316 g/mol. The van der Waals surface area contributed by atoms with E-state index in [1.54, 1.807) is 0 Å². The van der Waals surface area contributed by atoms with Crippen LogP contribution in [0.25, 0.3) is 0 Å². The van der Waals surface area contributed by atoms with Gasteiger partial charge >= 0.3 is 5.97 Å². The quantitative estimate of drug-likeness (QED) is 0.737. The van der Waals surface area contributed by atoms with Crippen LogP contribution in [0.4, 0.5) is 0 Å². The Balaban J connectivity index is 1.73. The van der Waals surface area contributed by atoms with Crippen LogP contribution in [0.3, 0.4) is 0 Å². The first-order valence-electron chi connectivity index (χ1n) is 10.1. The summed E-state index contributed by atoms with van der Waals surface area (Å²) in [5.74, 6) is 1.92. The standard InChI is InChI=1S/C21H32O4/c1-12(22)25-17-11-21(3)16(6-7-18(21)24)15-5-4-13-10-14(23)8-9-20(13,2)19(15)17/h13-17,19,23H,4-11H2,1-3H3/t13-,14+,15-,16-,17-,19+,20-,21-/m0/s1. The highest BCUT2D eigenvalue weighted by Crippen LogP contribution is 2.65. The van der Waals surface area contributed by atoms with Crippen molar-refractivity contribution < 1.29 is 19.4 Å². The lowest BCUT2D eigenvalue weighted by atomic mass is 9.44. The predicted molar refractivity (Wildman–Crippen MR) is 93.7 cm³/mol. The highest BCUT2D eigenvalue weighted by atomic mass is 16.5. The molecule has 1 N–H and O–H groups in total. The van der Waals surface area contributed by atoms with Gasteiger partial charge in [-0.05, 0) is 68.1 Å². The number of rotatable bonds is 1. The van der Waals surface area contributed by atoms with Gasteiger partial charge < -0.3 is 9.84 Å². The van der Waals surface area contributed by atoms with Crippen molar-refractivity contribution in [3.63, 3.8) is 0 Å². The zero-order valence-electron chi connectivity index (χ0n) is 15.8. The van der Waals surface area contributed by atoms with E-state index in [9.17, 15) is 14.7 Å². The SMILES string of the molecule is CC(=O)O[C@H]1C[C@]2(C)C(=O)CC[C@H]2[C@@H]2CC[C@H]3C[C@H](O)CC[C@]3(C)[C@H]21. The molecule has 0 radical (unpaired) electrons. The Morgan fingerprint density at radius 2 is 1.96 bits per heavy atom. The molecule has 0 bridgehead atoms. The maximum atomic E-state index is 12.7. The fourth-order valence-electron chi connectivity index (χ4n) is 7.42. The van der Waals surface area contributed by atoms with Crippen LogP contribution in [0.5, 0.6) is 0 Å². The number of fused-ring (bicyclic) bond motifs is 5. The van der Waals surface area contributed by atoms with E-state index >= 15 is 0 Å². The third kappa shape index (κ3) is 2.50. The van der Waals surface area contributed by atoms with Crippen molar-refractivity contribution in [1.82, 2.24) is 0 Å². The number of carbonyl (C=O) groups is 2. The van der Waals surface area contributed by atoms with Gasteiger partial charge in [-0.2, -0.15) is 0 Å². The van der Waals surface area contributed by atoms with Gasteiger partial charge in [-0.25, -0.2) is 0 Å². The topological polar surface area (TPSA) is 63.6 Å². The summed E-state index contributed by atoms with van der Waals surface area (Å²) >= 11 is 0. The number of carbonyl (C=O) groups excluding carboxylic acids is 2. The van der Waals surface area contributed by atoms with E-state index in [0.29, 0.717) is 42.3 Å². The molecule has 0 amide bonds. The van der Waals surface area contributed by atoms with E-state index in [0.717, 1.165) is 38.5 Å². The minimum atomic E-state index is -0.307. The van der Waals surface area contributed by atoms with Crippen molar-refractivity contribution in [2.45, 2.75) is 84.3 Å². The number of ketones is 1. The van der Waals surface area contributed by atoms with Gasteiger partial charge in [0.2, 0.25) is 0 Å². The molecule has 4 saturated carbocycles. The molecule has 0 spiro atoms. The first-order valence-corrected chi connectivity index (χ1v) is 10.1.